The zero-order chi connectivity index (χ0) is 11.5. The topological polar surface area (TPSA) is 24.9 Å². The van der Waals surface area contributed by atoms with Gasteiger partial charge in [0.05, 0.1) is 0 Å². The van der Waals surface area contributed by atoms with Crippen molar-refractivity contribution >= 4 is 11.6 Å². The van der Waals surface area contributed by atoms with Gasteiger partial charge < -0.3 is 5.32 Å². The van der Waals surface area contributed by atoms with Crippen molar-refractivity contribution in [3.05, 3.63) is 28.5 Å². The van der Waals surface area contributed by atoms with Gasteiger partial charge in [-0.2, -0.15) is 0 Å². The quantitative estimate of drug-likeness (QED) is 0.801. The summed E-state index contributed by atoms with van der Waals surface area (Å²) in [6, 6.07) is 2.18. The Morgan fingerprint density at radius 2 is 2.12 bits per heavy atom. The van der Waals surface area contributed by atoms with Crippen LogP contribution in [0.2, 0.25) is 5.15 Å². The summed E-state index contributed by atoms with van der Waals surface area (Å²) in [5.41, 5.74) is 2.41. The van der Waals surface area contributed by atoms with Crippen molar-refractivity contribution in [1.29, 1.82) is 0 Å². The van der Waals surface area contributed by atoms with Crippen LogP contribution in [0, 0.1) is 12.8 Å². The lowest BCUT2D eigenvalue weighted by molar-refractivity contribution is 0.330. The Morgan fingerprint density at radius 3 is 2.75 bits per heavy atom. The van der Waals surface area contributed by atoms with E-state index >= 15 is 0 Å². The summed E-state index contributed by atoms with van der Waals surface area (Å²) in [6.07, 6.45) is 4.47. The summed E-state index contributed by atoms with van der Waals surface area (Å²) in [7, 11) is 0. The summed E-state index contributed by atoms with van der Waals surface area (Å²) in [5, 5.41) is 4.03. The predicted octanol–water partition coefficient (Wildman–Crippen LogP) is 3.15. The largest absolute Gasteiger partial charge is 0.317 e. The predicted molar refractivity (Wildman–Crippen MR) is 68.0 cm³/mol. The molecule has 2 heterocycles. The molecule has 0 bridgehead atoms. The number of rotatable bonds is 2. The Balaban J connectivity index is 2.12. The molecule has 0 saturated carbocycles. The zero-order valence-corrected chi connectivity index (χ0v) is 10.7. The molecule has 3 heteroatoms. The van der Waals surface area contributed by atoms with Crippen LogP contribution in [0.15, 0.2) is 12.3 Å². The third-order valence-electron chi connectivity index (χ3n) is 3.65. The highest BCUT2D eigenvalue weighted by Gasteiger charge is 2.21. The van der Waals surface area contributed by atoms with E-state index in [4.69, 9.17) is 11.6 Å². The number of nitrogens with one attached hydrogen (secondary N) is 1. The smallest absolute Gasteiger partial charge is 0.131 e. The maximum Gasteiger partial charge on any atom is 0.131 e. The molecule has 16 heavy (non-hydrogen) atoms. The van der Waals surface area contributed by atoms with E-state index in [9.17, 15) is 0 Å². The fraction of sp³-hybridized carbons (Fsp3) is 0.615. The summed E-state index contributed by atoms with van der Waals surface area (Å²) in [6.45, 7) is 6.62. The summed E-state index contributed by atoms with van der Waals surface area (Å²) >= 11 is 5.95. The molecule has 88 valence electrons. The molecule has 1 atom stereocenters. The highest BCUT2D eigenvalue weighted by molar-refractivity contribution is 6.30. The molecular formula is C13H19ClN2. The van der Waals surface area contributed by atoms with Crippen molar-refractivity contribution in [2.45, 2.75) is 32.6 Å². The standard InChI is InChI=1S/C13H19ClN2/c1-9-7-12(8-16-13(9)14)10(2)11-3-5-15-6-4-11/h7-8,10-11,15H,3-6H2,1-2H3. The molecule has 1 saturated heterocycles. The van der Waals surface area contributed by atoms with Crippen LogP contribution in [0.5, 0.6) is 0 Å². The third kappa shape index (κ3) is 2.55. The van der Waals surface area contributed by atoms with E-state index in [1.54, 1.807) is 0 Å². The van der Waals surface area contributed by atoms with Crippen LogP contribution in [0.1, 0.15) is 36.8 Å². The second kappa shape index (κ2) is 5.15. The van der Waals surface area contributed by atoms with E-state index in [0.717, 1.165) is 24.6 Å². The molecule has 0 aliphatic carbocycles. The molecule has 1 fully saturated rings. The fourth-order valence-electron chi connectivity index (χ4n) is 2.45. The van der Waals surface area contributed by atoms with Crippen LogP contribution in [0.25, 0.3) is 0 Å². The molecule has 2 nitrogen and oxygen atoms in total. The Kier molecular flexibility index (Phi) is 3.82. The highest BCUT2D eigenvalue weighted by atomic mass is 35.5. The third-order valence-corrected chi connectivity index (χ3v) is 4.05. The summed E-state index contributed by atoms with van der Waals surface area (Å²) in [5.74, 6) is 1.37. The van der Waals surface area contributed by atoms with Gasteiger partial charge in [0.25, 0.3) is 0 Å². The van der Waals surface area contributed by atoms with Crippen LogP contribution < -0.4 is 5.32 Å². The van der Waals surface area contributed by atoms with Crippen molar-refractivity contribution < 1.29 is 0 Å². The first-order valence-electron chi connectivity index (χ1n) is 6.01. The fourth-order valence-corrected chi connectivity index (χ4v) is 2.55. The number of nitrogens with zero attached hydrogens (tertiary/aromatic N) is 1. The van der Waals surface area contributed by atoms with Crippen LogP contribution in [0.4, 0.5) is 0 Å². The Bertz CT molecular complexity index is 359. The average Bonchev–Trinajstić information content (AvgIpc) is 2.33. The lowest BCUT2D eigenvalue weighted by atomic mass is 9.82. The van der Waals surface area contributed by atoms with Gasteiger partial charge in [0, 0.05) is 6.20 Å². The van der Waals surface area contributed by atoms with E-state index < -0.39 is 0 Å². The van der Waals surface area contributed by atoms with Gasteiger partial charge in [-0.05, 0) is 55.8 Å². The molecule has 2 rings (SSSR count). The number of hydrogen-bond donors (Lipinski definition) is 1. The first kappa shape index (κ1) is 11.9. The van der Waals surface area contributed by atoms with Gasteiger partial charge in [0.1, 0.15) is 5.15 Å². The Labute approximate surface area is 102 Å². The minimum Gasteiger partial charge on any atom is -0.317 e. The zero-order valence-electron chi connectivity index (χ0n) is 9.96. The lowest BCUT2D eigenvalue weighted by Crippen LogP contribution is -2.30. The number of pyridine rings is 1. The van der Waals surface area contributed by atoms with Gasteiger partial charge >= 0.3 is 0 Å². The summed E-state index contributed by atoms with van der Waals surface area (Å²) < 4.78 is 0. The van der Waals surface area contributed by atoms with E-state index in [1.807, 2.05) is 13.1 Å². The average molecular weight is 239 g/mol. The molecule has 0 aromatic carbocycles. The van der Waals surface area contributed by atoms with Crippen molar-refractivity contribution in [3.63, 3.8) is 0 Å². The van der Waals surface area contributed by atoms with Crippen LogP contribution >= 0.6 is 11.6 Å². The number of halogens is 1. The van der Waals surface area contributed by atoms with Crippen molar-refractivity contribution in [3.8, 4) is 0 Å². The molecule has 0 radical (unpaired) electrons. The van der Waals surface area contributed by atoms with Crippen molar-refractivity contribution in [2.75, 3.05) is 13.1 Å². The number of hydrogen-bond acceptors (Lipinski definition) is 2. The normalized spacial score (nSPS) is 19.7. The summed E-state index contributed by atoms with van der Waals surface area (Å²) in [4.78, 5) is 4.24. The molecule has 1 N–H and O–H groups in total. The van der Waals surface area contributed by atoms with Crippen LogP contribution in [0.3, 0.4) is 0 Å². The van der Waals surface area contributed by atoms with Gasteiger partial charge in [-0.25, -0.2) is 4.98 Å². The van der Waals surface area contributed by atoms with Gasteiger partial charge in [0.15, 0.2) is 0 Å². The number of aromatic nitrogens is 1. The second-order valence-corrected chi connectivity index (χ2v) is 5.11. The Hall–Kier alpha value is -0.600. The van der Waals surface area contributed by atoms with Crippen LogP contribution in [-0.2, 0) is 0 Å². The van der Waals surface area contributed by atoms with E-state index in [0.29, 0.717) is 11.1 Å². The maximum absolute atomic E-state index is 5.95. The van der Waals surface area contributed by atoms with Gasteiger partial charge in [-0.1, -0.05) is 24.6 Å². The van der Waals surface area contributed by atoms with Gasteiger partial charge in [-0.3, -0.25) is 0 Å². The minimum atomic E-state index is 0.588. The SMILES string of the molecule is Cc1cc(C(C)C2CCNCC2)cnc1Cl. The first-order chi connectivity index (χ1) is 7.68. The molecule has 1 aliphatic heterocycles. The monoisotopic (exact) mass is 238 g/mol. The molecule has 0 amide bonds. The van der Waals surface area contributed by atoms with E-state index in [1.165, 1.54) is 18.4 Å². The van der Waals surface area contributed by atoms with E-state index in [-0.39, 0.29) is 0 Å². The number of piperidine rings is 1. The minimum absolute atomic E-state index is 0.588. The first-order valence-corrected chi connectivity index (χ1v) is 6.39. The number of aryl methyl sites for hydroxylation is 1. The molecule has 0 spiro atoms. The van der Waals surface area contributed by atoms with Crippen molar-refractivity contribution in [2.24, 2.45) is 5.92 Å². The maximum atomic E-state index is 5.95. The highest BCUT2D eigenvalue weighted by Crippen LogP contribution is 2.31. The van der Waals surface area contributed by atoms with Gasteiger partial charge in [-0.15, -0.1) is 0 Å². The lowest BCUT2D eigenvalue weighted by Gasteiger charge is -2.28. The molecule has 1 unspecified atom stereocenters. The second-order valence-electron chi connectivity index (χ2n) is 4.75. The molecule has 1 aliphatic rings. The van der Waals surface area contributed by atoms with E-state index in [2.05, 4.69) is 23.3 Å². The molecular weight excluding hydrogens is 220 g/mol. The molecule has 1 aromatic heterocycles. The van der Waals surface area contributed by atoms with Gasteiger partial charge in [0.2, 0.25) is 0 Å². The van der Waals surface area contributed by atoms with Crippen LogP contribution in [-0.4, -0.2) is 18.1 Å². The van der Waals surface area contributed by atoms with Crippen molar-refractivity contribution in [1.82, 2.24) is 10.3 Å². The molecule has 1 aromatic rings. The Morgan fingerprint density at radius 1 is 1.44 bits per heavy atom.